The Balaban J connectivity index is 2.58. The fraction of sp³-hybridized carbons (Fsp3) is 0.917. The fourth-order valence-corrected chi connectivity index (χ4v) is 2.37. The van der Waals surface area contributed by atoms with Gasteiger partial charge in [0.05, 0.1) is 0 Å². The summed E-state index contributed by atoms with van der Waals surface area (Å²) in [6.07, 6.45) is 4.32. The summed E-state index contributed by atoms with van der Waals surface area (Å²) in [4.78, 5) is 14.1. The minimum Gasteiger partial charge on any atom is -0.337 e. The van der Waals surface area contributed by atoms with Crippen molar-refractivity contribution in [1.29, 1.82) is 0 Å². The molecule has 0 aliphatic carbocycles. The van der Waals surface area contributed by atoms with Gasteiger partial charge in [-0.3, -0.25) is 4.79 Å². The second-order valence-electron chi connectivity index (χ2n) is 5.03. The van der Waals surface area contributed by atoms with Crippen LogP contribution >= 0.6 is 0 Å². The van der Waals surface area contributed by atoms with E-state index in [4.69, 9.17) is 0 Å². The van der Waals surface area contributed by atoms with Crippen LogP contribution in [-0.2, 0) is 4.79 Å². The number of likely N-dealkylation sites (tertiary alicyclic amines) is 1. The van der Waals surface area contributed by atoms with Crippen molar-refractivity contribution in [3.8, 4) is 0 Å². The van der Waals surface area contributed by atoms with Crippen LogP contribution in [-0.4, -0.2) is 22.9 Å². The van der Waals surface area contributed by atoms with Crippen LogP contribution in [0.1, 0.15) is 53.4 Å². The van der Waals surface area contributed by atoms with E-state index in [2.05, 4.69) is 32.6 Å². The fourth-order valence-electron chi connectivity index (χ4n) is 2.37. The lowest BCUT2D eigenvalue weighted by atomic mass is 9.96. The van der Waals surface area contributed by atoms with Gasteiger partial charge in [0.2, 0.25) is 5.91 Å². The molecular weight excluding hydrogens is 174 g/mol. The molecule has 1 aliphatic rings. The van der Waals surface area contributed by atoms with E-state index in [9.17, 15) is 4.79 Å². The summed E-state index contributed by atoms with van der Waals surface area (Å²) in [5.74, 6) is 0.823. The number of rotatable bonds is 2. The molecule has 0 bridgehead atoms. The summed E-state index contributed by atoms with van der Waals surface area (Å²) in [5, 5.41) is 0. The molecule has 1 fully saturated rings. The Morgan fingerprint density at radius 1 is 1.29 bits per heavy atom. The third-order valence-electron chi connectivity index (χ3n) is 3.06. The van der Waals surface area contributed by atoms with Gasteiger partial charge in [-0.05, 0) is 39.0 Å². The van der Waals surface area contributed by atoms with Crippen molar-refractivity contribution in [1.82, 2.24) is 4.90 Å². The van der Waals surface area contributed by atoms with Crippen LogP contribution in [0.25, 0.3) is 0 Å². The standard InChI is InChI=1S/C12H23NO/c1-9(2)8-12(14)13-10(3)6-5-7-11(13)4/h9-11H,5-8H2,1-4H3. The Bertz CT molecular complexity index is 190. The van der Waals surface area contributed by atoms with E-state index in [0.717, 1.165) is 0 Å². The van der Waals surface area contributed by atoms with Crippen LogP contribution < -0.4 is 0 Å². The van der Waals surface area contributed by atoms with Gasteiger partial charge in [0.15, 0.2) is 0 Å². The van der Waals surface area contributed by atoms with Crippen molar-refractivity contribution in [2.45, 2.75) is 65.5 Å². The normalized spacial score (nSPS) is 28.2. The molecule has 2 unspecified atom stereocenters. The Kier molecular flexibility index (Phi) is 3.97. The molecule has 1 saturated heterocycles. The summed E-state index contributed by atoms with van der Waals surface area (Å²) < 4.78 is 0. The number of hydrogen-bond donors (Lipinski definition) is 0. The maximum atomic E-state index is 12.0. The Morgan fingerprint density at radius 2 is 1.79 bits per heavy atom. The summed E-state index contributed by atoms with van der Waals surface area (Å²) in [5.41, 5.74) is 0. The van der Waals surface area contributed by atoms with Gasteiger partial charge in [-0.2, -0.15) is 0 Å². The molecule has 0 aromatic heterocycles. The Hall–Kier alpha value is -0.530. The lowest BCUT2D eigenvalue weighted by Gasteiger charge is -2.39. The van der Waals surface area contributed by atoms with Crippen LogP contribution in [0.4, 0.5) is 0 Å². The quantitative estimate of drug-likeness (QED) is 0.666. The zero-order chi connectivity index (χ0) is 10.7. The van der Waals surface area contributed by atoms with Crippen molar-refractivity contribution < 1.29 is 4.79 Å². The molecule has 82 valence electrons. The number of hydrogen-bond acceptors (Lipinski definition) is 1. The first-order chi connectivity index (χ1) is 6.52. The molecule has 1 rings (SSSR count). The van der Waals surface area contributed by atoms with Crippen molar-refractivity contribution >= 4 is 5.91 Å². The molecule has 0 aromatic rings. The largest absolute Gasteiger partial charge is 0.337 e. The molecule has 0 spiro atoms. The van der Waals surface area contributed by atoms with E-state index in [1.165, 1.54) is 19.3 Å². The molecule has 14 heavy (non-hydrogen) atoms. The maximum Gasteiger partial charge on any atom is 0.223 e. The van der Waals surface area contributed by atoms with Gasteiger partial charge in [0.25, 0.3) is 0 Å². The number of amides is 1. The summed E-state index contributed by atoms with van der Waals surface area (Å²) in [6.45, 7) is 8.57. The molecule has 1 amide bonds. The van der Waals surface area contributed by atoms with Crippen molar-refractivity contribution in [2.75, 3.05) is 0 Å². The minimum atomic E-state index is 0.347. The van der Waals surface area contributed by atoms with Gasteiger partial charge in [-0.1, -0.05) is 13.8 Å². The van der Waals surface area contributed by atoms with E-state index < -0.39 is 0 Å². The van der Waals surface area contributed by atoms with Gasteiger partial charge in [-0.15, -0.1) is 0 Å². The van der Waals surface area contributed by atoms with Crippen LogP contribution in [0.2, 0.25) is 0 Å². The first kappa shape index (κ1) is 11.5. The number of piperidine rings is 1. The lowest BCUT2D eigenvalue weighted by Crippen LogP contribution is -2.47. The zero-order valence-corrected chi connectivity index (χ0v) is 9.92. The first-order valence-corrected chi connectivity index (χ1v) is 5.83. The lowest BCUT2D eigenvalue weighted by molar-refractivity contribution is -0.138. The molecule has 0 radical (unpaired) electrons. The molecular formula is C12H23NO. The van der Waals surface area contributed by atoms with Gasteiger partial charge in [0.1, 0.15) is 0 Å². The third kappa shape index (κ3) is 2.73. The topological polar surface area (TPSA) is 20.3 Å². The highest BCUT2D eigenvalue weighted by molar-refractivity contribution is 5.77. The first-order valence-electron chi connectivity index (χ1n) is 5.83. The Morgan fingerprint density at radius 3 is 2.21 bits per heavy atom. The number of carbonyl (C=O) groups excluding carboxylic acids is 1. The van der Waals surface area contributed by atoms with E-state index in [1.807, 2.05) is 0 Å². The van der Waals surface area contributed by atoms with Gasteiger partial charge in [0, 0.05) is 18.5 Å². The van der Waals surface area contributed by atoms with E-state index in [0.29, 0.717) is 30.3 Å². The van der Waals surface area contributed by atoms with Crippen LogP contribution in [0.5, 0.6) is 0 Å². The molecule has 0 saturated carbocycles. The Labute approximate surface area is 87.7 Å². The highest BCUT2D eigenvalue weighted by Crippen LogP contribution is 2.23. The molecule has 1 heterocycles. The smallest absolute Gasteiger partial charge is 0.223 e. The monoisotopic (exact) mass is 197 g/mol. The van der Waals surface area contributed by atoms with Crippen molar-refractivity contribution in [2.24, 2.45) is 5.92 Å². The predicted octanol–water partition coefficient (Wildman–Crippen LogP) is 2.82. The predicted molar refractivity (Wildman–Crippen MR) is 59.1 cm³/mol. The van der Waals surface area contributed by atoms with Gasteiger partial charge >= 0.3 is 0 Å². The number of nitrogens with zero attached hydrogens (tertiary/aromatic N) is 1. The van der Waals surface area contributed by atoms with E-state index in [1.54, 1.807) is 0 Å². The highest BCUT2D eigenvalue weighted by Gasteiger charge is 2.28. The average Bonchev–Trinajstić information content (AvgIpc) is 2.01. The van der Waals surface area contributed by atoms with E-state index in [-0.39, 0.29) is 0 Å². The minimum absolute atomic E-state index is 0.347. The van der Waals surface area contributed by atoms with Gasteiger partial charge in [-0.25, -0.2) is 0 Å². The molecule has 2 heteroatoms. The third-order valence-corrected chi connectivity index (χ3v) is 3.06. The van der Waals surface area contributed by atoms with Gasteiger partial charge < -0.3 is 4.90 Å². The highest BCUT2D eigenvalue weighted by atomic mass is 16.2. The maximum absolute atomic E-state index is 12.0. The SMILES string of the molecule is CC(C)CC(=O)N1C(C)CCCC1C. The van der Waals surface area contributed by atoms with Crippen molar-refractivity contribution in [3.05, 3.63) is 0 Å². The molecule has 0 N–H and O–H groups in total. The molecule has 2 nitrogen and oxygen atoms in total. The van der Waals surface area contributed by atoms with Crippen LogP contribution in [0.3, 0.4) is 0 Å². The molecule has 0 aromatic carbocycles. The second kappa shape index (κ2) is 4.81. The molecule has 2 atom stereocenters. The average molecular weight is 197 g/mol. The second-order valence-corrected chi connectivity index (χ2v) is 5.03. The summed E-state index contributed by atoms with van der Waals surface area (Å²) >= 11 is 0. The van der Waals surface area contributed by atoms with E-state index >= 15 is 0 Å². The molecule has 1 aliphatic heterocycles. The summed E-state index contributed by atoms with van der Waals surface area (Å²) in [7, 11) is 0. The zero-order valence-electron chi connectivity index (χ0n) is 9.92. The van der Waals surface area contributed by atoms with Crippen LogP contribution in [0.15, 0.2) is 0 Å². The van der Waals surface area contributed by atoms with Crippen molar-refractivity contribution in [3.63, 3.8) is 0 Å². The number of carbonyl (C=O) groups is 1. The van der Waals surface area contributed by atoms with Crippen LogP contribution in [0, 0.1) is 5.92 Å². The summed E-state index contributed by atoms with van der Waals surface area (Å²) in [6, 6.07) is 0.898.